The number of hydrogen-bond donors (Lipinski definition) is 1. The highest BCUT2D eigenvalue weighted by Crippen LogP contribution is 2.29. The zero-order valence-corrected chi connectivity index (χ0v) is 16.0. The third-order valence-electron chi connectivity index (χ3n) is 6.26. The van der Waals surface area contributed by atoms with Crippen molar-refractivity contribution in [3.8, 4) is 0 Å². The number of hydrogen-bond acceptors (Lipinski definition) is 3. The predicted octanol–water partition coefficient (Wildman–Crippen LogP) is 1.94. The number of rotatable bonds is 3. The van der Waals surface area contributed by atoms with Crippen molar-refractivity contribution >= 4 is 11.9 Å². The van der Waals surface area contributed by atoms with E-state index in [0.717, 1.165) is 37.9 Å². The van der Waals surface area contributed by atoms with E-state index in [4.69, 9.17) is 0 Å². The van der Waals surface area contributed by atoms with E-state index in [0.29, 0.717) is 19.6 Å². The third-order valence-corrected chi connectivity index (χ3v) is 6.26. The molecule has 3 saturated heterocycles. The van der Waals surface area contributed by atoms with Crippen molar-refractivity contribution in [2.75, 3.05) is 26.2 Å². The van der Waals surface area contributed by atoms with E-state index in [-0.39, 0.29) is 30.1 Å². The summed E-state index contributed by atoms with van der Waals surface area (Å²) in [6, 6.07) is 4.34. The average Bonchev–Trinajstić information content (AvgIpc) is 3.00. The van der Waals surface area contributed by atoms with Crippen molar-refractivity contribution in [3.63, 3.8) is 0 Å². The number of fused-ring (bicyclic) bond motifs is 1. The topological polar surface area (TPSA) is 55.9 Å². The molecule has 3 aliphatic rings. The Hall–Kier alpha value is -2.22. The summed E-state index contributed by atoms with van der Waals surface area (Å²) in [5.74, 6) is -1.59. The Balaban J connectivity index is 1.34. The van der Waals surface area contributed by atoms with Crippen molar-refractivity contribution in [3.05, 3.63) is 35.4 Å². The number of likely N-dealkylation sites (tertiary alicyclic amines) is 2. The summed E-state index contributed by atoms with van der Waals surface area (Å²) >= 11 is 0. The van der Waals surface area contributed by atoms with Crippen LogP contribution in [0.4, 0.5) is 13.6 Å². The number of piperidine rings is 2. The summed E-state index contributed by atoms with van der Waals surface area (Å²) in [7, 11) is 0. The van der Waals surface area contributed by atoms with E-state index in [1.807, 2.05) is 4.90 Å². The molecule has 8 heteroatoms. The van der Waals surface area contributed by atoms with Crippen LogP contribution in [0.2, 0.25) is 0 Å². The van der Waals surface area contributed by atoms with Gasteiger partial charge in [-0.05, 0) is 37.0 Å². The van der Waals surface area contributed by atoms with Crippen LogP contribution in [0.25, 0.3) is 0 Å². The van der Waals surface area contributed by atoms with Gasteiger partial charge in [0.1, 0.15) is 0 Å². The fraction of sp³-hybridized carbons (Fsp3) is 0.600. The molecule has 2 unspecified atom stereocenters. The maximum atomic E-state index is 13.4. The van der Waals surface area contributed by atoms with Gasteiger partial charge in [0.05, 0.1) is 12.1 Å². The lowest BCUT2D eigenvalue weighted by molar-refractivity contribution is -0.130. The highest BCUT2D eigenvalue weighted by molar-refractivity contribution is 5.79. The monoisotopic (exact) mass is 392 g/mol. The Labute approximate surface area is 163 Å². The highest BCUT2D eigenvalue weighted by atomic mass is 19.2. The molecule has 6 nitrogen and oxygen atoms in total. The average molecular weight is 392 g/mol. The number of urea groups is 1. The molecule has 3 aliphatic heterocycles. The van der Waals surface area contributed by atoms with Crippen LogP contribution in [0, 0.1) is 11.6 Å². The smallest absolute Gasteiger partial charge is 0.318 e. The van der Waals surface area contributed by atoms with Gasteiger partial charge in [-0.3, -0.25) is 9.69 Å². The van der Waals surface area contributed by atoms with Crippen molar-refractivity contribution in [2.24, 2.45) is 0 Å². The second-order valence-electron chi connectivity index (χ2n) is 8.04. The second-order valence-corrected chi connectivity index (χ2v) is 8.04. The number of carbonyl (C=O) groups is 2. The zero-order valence-electron chi connectivity index (χ0n) is 16.0. The van der Waals surface area contributed by atoms with Crippen LogP contribution in [-0.4, -0.2) is 70.9 Å². The largest absolute Gasteiger partial charge is 0.341 e. The summed E-state index contributed by atoms with van der Waals surface area (Å²) in [5, 5.41) is 3.05. The van der Waals surface area contributed by atoms with Gasteiger partial charge in [0.2, 0.25) is 5.91 Å². The summed E-state index contributed by atoms with van der Waals surface area (Å²) in [4.78, 5) is 30.2. The van der Waals surface area contributed by atoms with Crippen LogP contribution in [0.5, 0.6) is 0 Å². The molecule has 0 bridgehead atoms. The van der Waals surface area contributed by atoms with E-state index in [1.165, 1.54) is 12.1 Å². The molecule has 0 spiro atoms. The number of benzene rings is 1. The first-order valence-corrected chi connectivity index (χ1v) is 9.93. The van der Waals surface area contributed by atoms with Crippen LogP contribution in [0.15, 0.2) is 18.2 Å². The Morgan fingerprint density at radius 1 is 1.14 bits per heavy atom. The minimum absolute atomic E-state index is 0.00497. The molecule has 4 rings (SSSR count). The van der Waals surface area contributed by atoms with Crippen LogP contribution in [0.3, 0.4) is 0 Å². The summed E-state index contributed by atoms with van der Waals surface area (Å²) in [6.45, 7) is 5.04. The van der Waals surface area contributed by atoms with Crippen LogP contribution in [-0.2, 0) is 11.3 Å². The first-order chi connectivity index (χ1) is 13.4. The van der Waals surface area contributed by atoms with Crippen molar-refractivity contribution in [2.45, 2.75) is 50.9 Å². The van der Waals surface area contributed by atoms with Gasteiger partial charge in [0, 0.05) is 45.7 Å². The minimum Gasteiger partial charge on any atom is -0.341 e. The number of amides is 3. The Morgan fingerprint density at radius 3 is 2.57 bits per heavy atom. The second kappa shape index (κ2) is 7.66. The highest BCUT2D eigenvalue weighted by Gasteiger charge is 2.46. The molecule has 0 saturated carbocycles. The standard InChI is InChI=1S/C20H26F2N4O2/c1-13(27)25-9-6-19-18(12-25)23-20(28)26(19)15-4-7-24(8-5-15)11-14-2-3-16(21)17(22)10-14/h2-3,10,15,18-19H,4-9,11-12H2,1H3,(H,23,28). The normalized spacial score (nSPS) is 26.3. The number of halogens is 2. The van der Waals surface area contributed by atoms with E-state index in [9.17, 15) is 18.4 Å². The molecule has 1 aromatic rings. The van der Waals surface area contributed by atoms with E-state index < -0.39 is 11.6 Å². The van der Waals surface area contributed by atoms with E-state index >= 15 is 0 Å². The molecule has 3 heterocycles. The van der Waals surface area contributed by atoms with Gasteiger partial charge in [-0.15, -0.1) is 0 Å². The van der Waals surface area contributed by atoms with Gasteiger partial charge < -0.3 is 15.1 Å². The molecular formula is C20H26F2N4O2. The van der Waals surface area contributed by atoms with Crippen LogP contribution >= 0.6 is 0 Å². The minimum atomic E-state index is -0.826. The maximum Gasteiger partial charge on any atom is 0.318 e. The molecule has 1 aromatic carbocycles. The van der Waals surface area contributed by atoms with Crippen LogP contribution in [0.1, 0.15) is 31.7 Å². The Kier molecular flexibility index (Phi) is 5.23. The number of nitrogens with one attached hydrogen (secondary N) is 1. The summed E-state index contributed by atoms with van der Waals surface area (Å²) in [5.41, 5.74) is 0.757. The van der Waals surface area contributed by atoms with Gasteiger partial charge in [-0.2, -0.15) is 0 Å². The first kappa shape index (κ1) is 19.1. The lowest BCUT2D eigenvalue weighted by Gasteiger charge is -2.42. The van der Waals surface area contributed by atoms with Gasteiger partial charge in [0.25, 0.3) is 0 Å². The summed E-state index contributed by atoms with van der Waals surface area (Å²) in [6.07, 6.45) is 2.52. The van der Waals surface area contributed by atoms with E-state index in [2.05, 4.69) is 10.2 Å². The number of carbonyl (C=O) groups excluding carboxylic acids is 2. The third kappa shape index (κ3) is 3.70. The molecule has 0 aliphatic carbocycles. The zero-order chi connectivity index (χ0) is 19.8. The lowest BCUT2D eigenvalue weighted by atomic mass is 9.95. The van der Waals surface area contributed by atoms with Crippen LogP contribution < -0.4 is 5.32 Å². The molecule has 1 N–H and O–H groups in total. The molecule has 3 fully saturated rings. The molecule has 0 radical (unpaired) electrons. The van der Waals surface area contributed by atoms with Crippen molar-refractivity contribution in [1.82, 2.24) is 20.0 Å². The molecule has 152 valence electrons. The Bertz CT molecular complexity index is 767. The van der Waals surface area contributed by atoms with Crippen molar-refractivity contribution in [1.29, 1.82) is 0 Å². The fourth-order valence-corrected chi connectivity index (χ4v) is 4.77. The first-order valence-electron chi connectivity index (χ1n) is 9.93. The van der Waals surface area contributed by atoms with Crippen molar-refractivity contribution < 1.29 is 18.4 Å². The molecule has 3 amide bonds. The summed E-state index contributed by atoms with van der Waals surface area (Å²) < 4.78 is 26.5. The van der Waals surface area contributed by atoms with Gasteiger partial charge >= 0.3 is 6.03 Å². The predicted molar refractivity (Wildman–Crippen MR) is 99.5 cm³/mol. The molecule has 2 atom stereocenters. The lowest BCUT2D eigenvalue weighted by Crippen LogP contribution is -2.55. The number of nitrogens with zero attached hydrogens (tertiary/aromatic N) is 3. The van der Waals surface area contributed by atoms with Gasteiger partial charge in [0.15, 0.2) is 11.6 Å². The fourth-order valence-electron chi connectivity index (χ4n) is 4.77. The maximum absolute atomic E-state index is 13.4. The Morgan fingerprint density at radius 2 is 1.89 bits per heavy atom. The van der Waals surface area contributed by atoms with Gasteiger partial charge in [-0.1, -0.05) is 6.07 Å². The van der Waals surface area contributed by atoms with Gasteiger partial charge in [-0.25, -0.2) is 13.6 Å². The van der Waals surface area contributed by atoms with E-state index in [1.54, 1.807) is 17.9 Å². The molecular weight excluding hydrogens is 366 g/mol. The SMILES string of the molecule is CC(=O)N1CCC2C(C1)NC(=O)N2C1CCN(Cc2ccc(F)c(F)c2)CC1. The molecule has 28 heavy (non-hydrogen) atoms. The molecule has 0 aromatic heterocycles. The quantitative estimate of drug-likeness (QED) is 0.856.